The average molecular weight is 440 g/mol. The van der Waals surface area contributed by atoms with Crippen LogP contribution >= 0.6 is 22.7 Å². The Kier molecular flexibility index (Phi) is 6.35. The maximum absolute atomic E-state index is 12.8. The third-order valence-electron chi connectivity index (χ3n) is 4.67. The van der Waals surface area contributed by atoms with Crippen molar-refractivity contribution in [2.45, 2.75) is 39.3 Å². The molecule has 1 aromatic carbocycles. The predicted octanol–water partition coefficient (Wildman–Crippen LogP) is 5.13. The fraction of sp³-hybridized carbons (Fsp3) is 0.273. The van der Waals surface area contributed by atoms with Gasteiger partial charge in [-0.25, -0.2) is 14.5 Å². The van der Waals surface area contributed by atoms with E-state index in [-0.39, 0.29) is 17.9 Å². The number of unbranched alkanes of at least 4 members (excludes halogenated alkanes) is 2. The molecule has 154 valence electrons. The summed E-state index contributed by atoms with van der Waals surface area (Å²) < 4.78 is 6.89. The zero-order valence-electron chi connectivity index (χ0n) is 16.5. The Bertz CT molecular complexity index is 1210. The Labute approximate surface area is 181 Å². The number of esters is 1. The highest BCUT2D eigenvalue weighted by molar-refractivity contribution is 7.20. The first-order chi connectivity index (χ1) is 14.7. The molecule has 30 heavy (non-hydrogen) atoms. The Morgan fingerprint density at radius 1 is 1.10 bits per heavy atom. The summed E-state index contributed by atoms with van der Waals surface area (Å²) in [6.07, 6.45) is 2.87. The van der Waals surface area contributed by atoms with Crippen molar-refractivity contribution >= 4 is 39.4 Å². The molecule has 0 unspecified atom stereocenters. The first-order valence-corrected chi connectivity index (χ1v) is 11.6. The number of rotatable bonds is 8. The van der Waals surface area contributed by atoms with Gasteiger partial charge in [0.1, 0.15) is 11.6 Å². The zero-order valence-corrected chi connectivity index (χ0v) is 18.2. The predicted molar refractivity (Wildman–Crippen MR) is 120 cm³/mol. The van der Waals surface area contributed by atoms with Gasteiger partial charge < -0.3 is 4.74 Å². The summed E-state index contributed by atoms with van der Waals surface area (Å²) in [5.74, 6) is -0.555. The van der Waals surface area contributed by atoms with Gasteiger partial charge in [0.2, 0.25) is 0 Å². The molecule has 3 heterocycles. The molecule has 0 radical (unpaired) electrons. The number of carbonyl (C=O) groups excluding carboxylic acids is 1. The Morgan fingerprint density at radius 3 is 2.70 bits per heavy atom. The van der Waals surface area contributed by atoms with Crippen molar-refractivity contribution in [3.05, 3.63) is 68.9 Å². The minimum absolute atomic E-state index is 0.0612. The smallest absolute Gasteiger partial charge is 0.359 e. The van der Waals surface area contributed by atoms with Crippen molar-refractivity contribution < 1.29 is 9.53 Å². The zero-order chi connectivity index (χ0) is 20.9. The molecule has 0 fully saturated rings. The van der Waals surface area contributed by atoms with Crippen LogP contribution in [-0.4, -0.2) is 20.7 Å². The van der Waals surface area contributed by atoms with Crippen LogP contribution in [0, 0.1) is 0 Å². The van der Waals surface area contributed by atoms with Crippen LogP contribution in [0.5, 0.6) is 0 Å². The van der Waals surface area contributed by atoms with Crippen LogP contribution in [0.3, 0.4) is 0 Å². The lowest BCUT2D eigenvalue weighted by Crippen LogP contribution is -2.26. The van der Waals surface area contributed by atoms with E-state index in [1.807, 2.05) is 22.9 Å². The molecule has 0 spiro atoms. The van der Waals surface area contributed by atoms with Crippen LogP contribution in [0.4, 0.5) is 0 Å². The first-order valence-electron chi connectivity index (χ1n) is 9.82. The summed E-state index contributed by atoms with van der Waals surface area (Å²) >= 11 is 3.14. The standard InChI is InChI=1S/C22H21N3O3S2/c1-2-3-6-11-25-21(26)17-9-5-4-8-16(17)19(24-25)22(27)28-13-15-14-30-20(23-15)18-10-7-12-29-18/h4-5,7-10,12,14H,2-3,6,11,13H2,1H3. The largest absolute Gasteiger partial charge is 0.454 e. The molecule has 3 aromatic heterocycles. The van der Waals surface area contributed by atoms with E-state index in [1.54, 1.807) is 35.6 Å². The van der Waals surface area contributed by atoms with Gasteiger partial charge in [0.25, 0.3) is 5.56 Å². The highest BCUT2D eigenvalue weighted by atomic mass is 32.1. The molecule has 4 aromatic rings. The summed E-state index contributed by atoms with van der Waals surface area (Å²) in [4.78, 5) is 31.2. The van der Waals surface area contributed by atoms with Gasteiger partial charge >= 0.3 is 5.97 Å². The minimum atomic E-state index is -0.555. The van der Waals surface area contributed by atoms with Gasteiger partial charge in [-0.1, -0.05) is 44.0 Å². The molecule has 6 nitrogen and oxygen atoms in total. The number of nitrogens with zero attached hydrogens (tertiary/aromatic N) is 3. The number of thiophene rings is 1. The quantitative estimate of drug-likeness (QED) is 0.281. The molecule has 0 saturated heterocycles. The van der Waals surface area contributed by atoms with Crippen LogP contribution in [-0.2, 0) is 17.9 Å². The second-order valence-electron chi connectivity index (χ2n) is 6.83. The Balaban J connectivity index is 1.56. The number of ether oxygens (including phenoxy) is 1. The first kappa shape index (κ1) is 20.4. The summed E-state index contributed by atoms with van der Waals surface area (Å²) in [6.45, 7) is 2.64. The van der Waals surface area contributed by atoms with E-state index in [1.165, 1.54) is 16.0 Å². The number of hydrogen-bond donors (Lipinski definition) is 0. The number of hydrogen-bond acceptors (Lipinski definition) is 7. The topological polar surface area (TPSA) is 74.1 Å². The SMILES string of the molecule is CCCCCn1nc(C(=O)OCc2csc(-c3cccs3)n2)c2ccccc2c1=O. The molecular weight excluding hydrogens is 418 g/mol. The van der Waals surface area contributed by atoms with Gasteiger partial charge in [-0.2, -0.15) is 5.10 Å². The third kappa shape index (κ3) is 4.34. The minimum Gasteiger partial charge on any atom is -0.454 e. The van der Waals surface area contributed by atoms with E-state index >= 15 is 0 Å². The molecule has 0 aliphatic carbocycles. The lowest BCUT2D eigenvalue weighted by molar-refractivity contribution is 0.0461. The summed E-state index contributed by atoms with van der Waals surface area (Å²) in [5, 5.41) is 10.1. The van der Waals surface area contributed by atoms with Crippen LogP contribution in [0.25, 0.3) is 20.7 Å². The van der Waals surface area contributed by atoms with E-state index < -0.39 is 5.97 Å². The molecule has 0 amide bonds. The van der Waals surface area contributed by atoms with Gasteiger partial charge in [-0.15, -0.1) is 22.7 Å². The van der Waals surface area contributed by atoms with Crippen molar-refractivity contribution in [1.29, 1.82) is 0 Å². The van der Waals surface area contributed by atoms with Crippen molar-refractivity contribution in [2.24, 2.45) is 0 Å². The van der Waals surface area contributed by atoms with E-state index in [4.69, 9.17) is 4.74 Å². The Morgan fingerprint density at radius 2 is 1.93 bits per heavy atom. The second-order valence-corrected chi connectivity index (χ2v) is 8.63. The van der Waals surface area contributed by atoms with Crippen molar-refractivity contribution in [1.82, 2.24) is 14.8 Å². The lowest BCUT2D eigenvalue weighted by Gasteiger charge is -2.10. The molecule has 0 N–H and O–H groups in total. The molecule has 0 saturated carbocycles. The summed E-state index contributed by atoms with van der Waals surface area (Å²) in [5.41, 5.74) is 0.672. The summed E-state index contributed by atoms with van der Waals surface area (Å²) in [6, 6.07) is 11.0. The molecule has 0 bridgehead atoms. The van der Waals surface area contributed by atoms with Gasteiger partial charge in [0.15, 0.2) is 5.69 Å². The van der Waals surface area contributed by atoms with Crippen LogP contribution in [0.2, 0.25) is 0 Å². The highest BCUT2D eigenvalue weighted by Crippen LogP contribution is 2.28. The van der Waals surface area contributed by atoms with Crippen LogP contribution < -0.4 is 5.56 Å². The van der Waals surface area contributed by atoms with E-state index in [0.717, 1.165) is 29.1 Å². The fourth-order valence-electron chi connectivity index (χ4n) is 3.14. The Hall–Kier alpha value is -2.84. The van der Waals surface area contributed by atoms with Crippen LogP contribution in [0.15, 0.2) is 52.0 Å². The average Bonchev–Trinajstić information content (AvgIpc) is 3.46. The summed E-state index contributed by atoms with van der Waals surface area (Å²) in [7, 11) is 0. The molecule has 0 aliphatic rings. The van der Waals surface area contributed by atoms with E-state index in [0.29, 0.717) is 23.0 Å². The van der Waals surface area contributed by atoms with E-state index in [2.05, 4.69) is 17.0 Å². The third-order valence-corrected chi connectivity index (χ3v) is 6.60. The molecule has 0 atom stereocenters. The number of aromatic nitrogens is 3. The van der Waals surface area contributed by atoms with Crippen molar-refractivity contribution in [3.8, 4) is 9.88 Å². The number of carbonyl (C=O) groups is 1. The number of aryl methyl sites for hydroxylation is 1. The van der Waals surface area contributed by atoms with Gasteiger partial charge in [-0.05, 0) is 23.9 Å². The van der Waals surface area contributed by atoms with Gasteiger partial charge in [0.05, 0.1) is 16.0 Å². The van der Waals surface area contributed by atoms with Crippen molar-refractivity contribution in [3.63, 3.8) is 0 Å². The monoisotopic (exact) mass is 439 g/mol. The second kappa shape index (κ2) is 9.32. The highest BCUT2D eigenvalue weighted by Gasteiger charge is 2.18. The number of thiazole rings is 1. The fourth-order valence-corrected chi connectivity index (χ4v) is 4.76. The van der Waals surface area contributed by atoms with Gasteiger partial charge in [0, 0.05) is 17.3 Å². The maximum Gasteiger partial charge on any atom is 0.359 e. The van der Waals surface area contributed by atoms with E-state index in [9.17, 15) is 9.59 Å². The van der Waals surface area contributed by atoms with Gasteiger partial charge in [-0.3, -0.25) is 4.79 Å². The van der Waals surface area contributed by atoms with Crippen LogP contribution in [0.1, 0.15) is 42.4 Å². The maximum atomic E-state index is 12.8. The molecule has 8 heteroatoms. The molecular formula is C22H21N3O3S2. The van der Waals surface area contributed by atoms with Crippen molar-refractivity contribution in [2.75, 3.05) is 0 Å². The molecule has 0 aliphatic heterocycles. The number of benzene rings is 1. The molecule has 4 rings (SSSR count). The lowest BCUT2D eigenvalue weighted by atomic mass is 10.1. The normalized spacial score (nSPS) is 11.1. The number of fused-ring (bicyclic) bond motifs is 1.